The monoisotopic (exact) mass is 176 g/mol. The highest BCUT2D eigenvalue weighted by Crippen LogP contribution is 2.23. The molecule has 0 saturated carbocycles. The van der Waals surface area contributed by atoms with Crippen molar-refractivity contribution >= 4 is 0 Å². The van der Waals surface area contributed by atoms with E-state index < -0.39 is 30.2 Å². The summed E-state index contributed by atoms with van der Waals surface area (Å²) >= 11 is 0. The van der Waals surface area contributed by atoms with E-state index in [1.54, 1.807) is 0 Å². The van der Waals surface area contributed by atoms with Crippen molar-refractivity contribution < 1.29 is 26.3 Å². The van der Waals surface area contributed by atoms with Crippen LogP contribution in [0.2, 0.25) is 0 Å². The molecule has 0 rings (SSSR count). The first-order chi connectivity index (χ1) is 5.00. The molecule has 0 N–H and O–H groups in total. The average Bonchev–Trinajstić information content (AvgIpc) is 2.00. The maximum absolute atomic E-state index is 11.8. The third-order valence-corrected chi connectivity index (χ3v) is 0.714. The molecule has 0 aromatic heterocycles. The van der Waals surface area contributed by atoms with Crippen LogP contribution in [0.5, 0.6) is 0 Å². The van der Waals surface area contributed by atoms with Gasteiger partial charge in [-0.25, -0.2) is 13.2 Å². The number of allylic oxidation sites excluding steroid dienone is 3. The van der Waals surface area contributed by atoms with Crippen LogP contribution in [0.1, 0.15) is 0 Å². The zero-order chi connectivity index (χ0) is 9.02. The van der Waals surface area contributed by atoms with E-state index in [0.29, 0.717) is 0 Å². The Hall–Kier alpha value is -0.940. The van der Waals surface area contributed by atoms with Gasteiger partial charge in [-0.05, 0) is 0 Å². The van der Waals surface area contributed by atoms with Gasteiger partial charge in [-0.1, -0.05) is 0 Å². The van der Waals surface area contributed by atoms with Crippen molar-refractivity contribution in [1.29, 1.82) is 0 Å². The van der Waals surface area contributed by atoms with Crippen LogP contribution in [0.25, 0.3) is 0 Å². The summed E-state index contributed by atoms with van der Waals surface area (Å²) < 4.78 is 68.5. The van der Waals surface area contributed by atoms with Crippen LogP contribution < -0.4 is 0 Å². The summed E-state index contributed by atoms with van der Waals surface area (Å²) in [6.45, 7) is -1.95. The van der Waals surface area contributed by atoms with Gasteiger partial charge in [-0.2, -0.15) is 13.2 Å². The number of rotatable bonds is 2. The Morgan fingerprint density at radius 3 is 1.55 bits per heavy atom. The van der Waals surface area contributed by atoms with Crippen LogP contribution in [0, 0.1) is 0 Å². The molecule has 0 nitrogen and oxygen atoms in total. The smallest absolute Gasteiger partial charge is 0.243 e. The molecule has 64 valence electrons. The Morgan fingerprint density at radius 2 is 1.27 bits per heavy atom. The largest absolute Gasteiger partial charge is 0.308 e. The van der Waals surface area contributed by atoms with Crippen molar-refractivity contribution in [2.24, 2.45) is 0 Å². The third kappa shape index (κ3) is 2.65. The minimum absolute atomic E-state index is 1.95. The summed E-state index contributed by atoms with van der Waals surface area (Å²) in [4.78, 5) is 0. The van der Waals surface area contributed by atoms with Crippen molar-refractivity contribution in [2.45, 2.75) is 0 Å². The topological polar surface area (TPSA) is 0 Å². The molecule has 0 spiro atoms. The summed E-state index contributed by atoms with van der Waals surface area (Å²) in [5.41, 5.74) is 0. The number of alkyl halides is 1. The van der Waals surface area contributed by atoms with E-state index in [9.17, 15) is 26.3 Å². The van der Waals surface area contributed by atoms with Gasteiger partial charge in [0.2, 0.25) is 5.83 Å². The highest BCUT2D eigenvalue weighted by Gasteiger charge is 2.16. The molecule has 0 aromatic carbocycles. The standard InChI is InChI=1S/C5H2F6/c6-1-2(7)3(8)4(9)5(10)11/h1H2. The zero-order valence-electron chi connectivity index (χ0n) is 4.97. The van der Waals surface area contributed by atoms with Gasteiger partial charge in [0.1, 0.15) is 6.67 Å². The molecule has 11 heavy (non-hydrogen) atoms. The second-order valence-corrected chi connectivity index (χ2v) is 1.43. The Labute approximate surface area is 57.8 Å². The van der Waals surface area contributed by atoms with E-state index in [4.69, 9.17) is 0 Å². The highest BCUT2D eigenvalue weighted by molar-refractivity contribution is 5.22. The third-order valence-electron chi connectivity index (χ3n) is 0.714. The van der Waals surface area contributed by atoms with E-state index >= 15 is 0 Å². The molecule has 0 heterocycles. The van der Waals surface area contributed by atoms with E-state index in [1.165, 1.54) is 0 Å². The van der Waals surface area contributed by atoms with E-state index in [-0.39, 0.29) is 0 Å². The minimum Gasteiger partial charge on any atom is -0.243 e. The van der Waals surface area contributed by atoms with Crippen LogP contribution in [-0.2, 0) is 0 Å². The van der Waals surface area contributed by atoms with Gasteiger partial charge < -0.3 is 0 Å². The van der Waals surface area contributed by atoms with Gasteiger partial charge in [-0.3, -0.25) is 0 Å². The van der Waals surface area contributed by atoms with Gasteiger partial charge >= 0.3 is 6.08 Å². The molecule has 0 amide bonds. The predicted molar refractivity (Wildman–Crippen MR) is 25.6 cm³/mol. The Bertz CT molecular complexity index is 199. The number of hydrogen-bond acceptors (Lipinski definition) is 0. The maximum Gasteiger partial charge on any atom is 0.308 e. The van der Waals surface area contributed by atoms with E-state index in [2.05, 4.69) is 0 Å². The van der Waals surface area contributed by atoms with Crippen molar-refractivity contribution in [3.63, 3.8) is 0 Å². The molecule has 0 aliphatic rings. The molecule has 0 aromatic rings. The highest BCUT2D eigenvalue weighted by atomic mass is 19.3. The minimum atomic E-state index is -3.02. The van der Waals surface area contributed by atoms with Crippen molar-refractivity contribution in [3.05, 3.63) is 23.6 Å². The molecule has 0 bridgehead atoms. The maximum atomic E-state index is 11.8. The van der Waals surface area contributed by atoms with Gasteiger partial charge in [0, 0.05) is 0 Å². The fraction of sp³-hybridized carbons (Fsp3) is 0.200. The van der Waals surface area contributed by atoms with Gasteiger partial charge in [0.05, 0.1) is 0 Å². The fourth-order valence-electron chi connectivity index (χ4n) is 0.261. The lowest BCUT2D eigenvalue weighted by Gasteiger charge is -1.91. The van der Waals surface area contributed by atoms with Crippen molar-refractivity contribution in [3.8, 4) is 0 Å². The lowest BCUT2D eigenvalue weighted by atomic mass is 10.4. The fourth-order valence-corrected chi connectivity index (χ4v) is 0.261. The first-order valence-electron chi connectivity index (χ1n) is 2.32. The molecule has 0 radical (unpaired) electrons. The van der Waals surface area contributed by atoms with Gasteiger partial charge in [0.15, 0.2) is 11.7 Å². The molecule has 0 unspecified atom stereocenters. The number of halogens is 6. The average molecular weight is 176 g/mol. The second kappa shape index (κ2) is 4.05. The van der Waals surface area contributed by atoms with Crippen LogP contribution in [0.4, 0.5) is 26.3 Å². The second-order valence-electron chi connectivity index (χ2n) is 1.43. The predicted octanol–water partition coefficient (Wildman–Crippen LogP) is 3.18. The van der Waals surface area contributed by atoms with Crippen molar-refractivity contribution in [1.82, 2.24) is 0 Å². The van der Waals surface area contributed by atoms with Crippen LogP contribution in [-0.4, -0.2) is 6.67 Å². The first kappa shape index (κ1) is 10.1. The van der Waals surface area contributed by atoms with E-state index in [1.807, 2.05) is 0 Å². The summed E-state index contributed by atoms with van der Waals surface area (Å²) in [7, 11) is 0. The van der Waals surface area contributed by atoms with E-state index in [0.717, 1.165) is 0 Å². The molecular formula is C5H2F6. The van der Waals surface area contributed by atoms with Crippen LogP contribution >= 0.6 is 0 Å². The Morgan fingerprint density at radius 1 is 0.818 bits per heavy atom. The molecule has 0 aliphatic heterocycles. The Kier molecular flexibility index (Phi) is 3.70. The quantitative estimate of drug-likeness (QED) is 0.447. The van der Waals surface area contributed by atoms with Crippen molar-refractivity contribution in [2.75, 3.05) is 6.67 Å². The zero-order valence-corrected chi connectivity index (χ0v) is 4.97. The summed E-state index contributed by atoms with van der Waals surface area (Å²) in [6.07, 6.45) is -3.02. The molecular weight excluding hydrogens is 174 g/mol. The summed E-state index contributed by atoms with van der Waals surface area (Å²) in [5, 5.41) is 0. The van der Waals surface area contributed by atoms with Gasteiger partial charge in [-0.15, -0.1) is 0 Å². The van der Waals surface area contributed by atoms with Gasteiger partial charge in [0.25, 0.3) is 0 Å². The molecule has 0 aliphatic carbocycles. The Balaban J connectivity index is 4.75. The number of hydrogen-bond donors (Lipinski definition) is 0. The summed E-state index contributed by atoms with van der Waals surface area (Å²) in [6, 6.07) is 0. The molecule has 0 atom stereocenters. The molecule has 0 saturated heterocycles. The first-order valence-corrected chi connectivity index (χ1v) is 2.32. The normalized spacial score (nSPS) is 12.5. The summed E-state index contributed by atoms with van der Waals surface area (Å²) in [5.74, 6) is -7.34. The molecule has 0 fully saturated rings. The lowest BCUT2D eigenvalue weighted by Crippen LogP contribution is -1.85. The lowest BCUT2D eigenvalue weighted by molar-refractivity contribution is 0.359. The molecule has 6 heteroatoms. The van der Waals surface area contributed by atoms with Crippen LogP contribution in [0.3, 0.4) is 0 Å². The van der Waals surface area contributed by atoms with Crippen LogP contribution in [0.15, 0.2) is 23.6 Å². The SMILES string of the molecule is FCC(F)=C(F)C(F)=C(F)F.